The fraction of sp³-hybridized carbons (Fsp3) is 0.429. The SMILES string of the molecule is O[C@H](COC(c1ccccc1)c1ccccc1)CN1CCC[C@H](O)C1. The Labute approximate surface area is 149 Å². The minimum atomic E-state index is -0.569. The smallest absolute Gasteiger partial charge is 0.108 e. The summed E-state index contributed by atoms with van der Waals surface area (Å²) < 4.78 is 6.11. The van der Waals surface area contributed by atoms with E-state index in [4.69, 9.17) is 4.74 Å². The number of benzene rings is 2. The highest BCUT2D eigenvalue weighted by Gasteiger charge is 2.21. The van der Waals surface area contributed by atoms with E-state index in [2.05, 4.69) is 4.90 Å². The second kappa shape index (κ2) is 9.11. The maximum absolute atomic E-state index is 10.4. The van der Waals surface area contributed by atoms with E-state index in [1.54, 1.807) is 0 Å². The van der Waals surface area contributed by atoms with Crippen molar-refractivity contribution < 1.29 is 14.9 Å². The zero-order valence-corrected chi connectivity index (χ0v) is 14.5. The number of likely N-dealkylation sites (tertiary alicyclic amines) is 1. The van der Waals surface area contributed by atoms with Gasteiger partial charge in [0.1, 0.15) is 6.10 Å². The van der Waals surface area contributed by atoms with Crippen LogP contribution in [-0.2, 0) is 4.74 Å². The normalized spacial score (nSPS) is 19.9. The topological polar surface area (TPSA) is 52.9 Å². The minimum absolute atomic E-state index is 0.191. The average molecular weight is 341 g/mol. The lowest BCUT2D eigenvalue weighted by Crippen LogP contribution is -2.43. The summed E-state index contributed by atoms with van der Waals surface area (Å²) in [5, 5.41) is 20.1. The lowest BCUT2D eigenvalue weighted by atomic mass is 10.0. The summed E-state index contributed by atoms with van der Waals surface area (Å²) in [7, 11) is 0. The van der Waals surface area contributed by atoms with Gasteiger partial charge in [0.2, 0.25) is 0 Å². The predicted molar refractivity (Wildman–Crippen MR) is 98.4 cm³/mol. The summed E-state index contributed by atoms with van der Waals surface area (Å²) in [6, 6.07) is 20.2. The van der Waals surface area contributed by atoms with Gasteiger partial charge in [0, 0.05) is 13.1 Å². The van der Waals surface area contributed by atoms with Crippen LogP contribution in [0.25, 0.3) is 0 Å². The first-order valence-corrected chi connectivity index (χ1v) is 9.02. The van der Waals surface area contributed by atoms with E-state index in [0.717, 1.165) is 30.5 Å². The predicted octanol–water partition coefficient (Wildman–Crippen LogP) is 2.61. The number of hydrogen-bond donors (Lipinski definition) is 2. The van der Waals surface area contributed by atoms with Crippen LogP contribution in [0.4, 0.5) is 0 Å². The van der Waals surface area contributed by atoms with E-state index >= 15 is 0 Å². The monoisotopic (exact) mass is 341 g/mol. The molecule has 2 aromatic carbocycles. The highest BCUT2D eigenvalue weighted by molar-refractivity contribution is 5.29. The number of β-amino-alcohol motifs (C(OH)–C–C–N with tert-alkyl or cyclic N) is 2. The maximum atomic E-state index is 10.4. The number of aliphatic hydroxyl groups is 2. The maximum Gasteiger partial charge on any atom is 0.108 e. The molecule has 0 unspecified atom stereocenters. The zero-order chi connectivity index (χ0) is 17.5. The van der Waals surface area contributed by atoms with Crippen LogP contribution >= 0.6 is 0 Å². The Balaban J connectivity index is 1.61. The number of aliphatic hydroxyl groups excluding tert-OH is 2. The Morgan fingerprint density at radius 1 is 1.00 bits per heavy atom. The molecule has 0 aliphatic carbocycles. The van der Waals surface area contributed by atoms with Gasteiger partial charge >= 0.3 is 0 Å². The molecule has 2 N–H and O–H groups in total. The number of hydrogen-bond acceptors (Lipinski definition) is 4. The van der Waals surface area contributed by atoms with Crippen LogP contribution < -0.4 is 0 Å². The highest BCUT2D eigenvalue weighted by Crippen LogP contribution is 2.26. The van der Waals surface area contributed by atoms with Gasteiger partial charge in [-0.2, -0.15) is 0 Å². The van der Waals surface area contributed by atoms with Gasteiger partial charge in [-0.3, -0.25) is 4.90 Å². The Morgan fingerprint density at radius 2 is 1.60 bits per heavy atom. The molecule has 3 rings (SSSR count). The molecule has 0 spiro atoms. The third kappa shape index (κ3) is 5.38. The summed E-state index contributed by atoms with van der Waals surface area (Å²) in [4.78, 5) is 2.11. The summed E-state index contributed by atoms with van der Waals surface area (Å²) in [6.07, 6.45) is 0.797. The molecular weight excluding hydrogens is 314 g/mol. The van der Waals surface area contributed by atoms with E-state index in [1.165, 1.54) is 0 Å². The fourth-order valence-corrected chi connectivity index (χ4v) is 3.40. The standard InChI is InChI=1S/C21H27NO3/c23-19-12-7-13-22(14-19)15-20(24)16-25-21(17-8-3-1-4-9-17)18-10-5-2-6-11-18/h1-6,8-11,19-21,23-24H,7,12-16H2/t19-,20-/m0/s1. The fourth-order valence-electron chi connectivity index (χ4n) is 3.40. The van der Waals surface area contributed by atoms with Crippen molar-refractivity contribution in [1.82, 2.24) is 4.90 Å². The van der Waals surface area contributed by atoms with Gasteiger partial charge in [-0.05, 0) is 30.5 Å². The first-order valence-electron chi connectivity index (χ1n) is 9.02. The van der Waals surface area contributed by atoms with E-state index in [1.807, 2.05) is 60.7 Å². The van der Waals surface area contributed by atoms with E-state index in [-0.39, 0.29) is 18.8 Å². The lowest BCUT2D eigenvalue weighted by Gasteiger charge is -2.31. The molecule has 2 atom stereocenters. The molecule has 2 aromatic rings. The third-order valence-corrected chi connectivity index (χ3v) is 4.61. The Hall–Kier alpha value is -1.72. The van der Waals surface area contributed by atoms with Crippen molar-refractivity contribution in [3.8, 4) is 0 Å². The van der Waals surface area contributed by atoms with Gasteiger partial charge in [-0.25, -0.2) is 0 Å². The Kier molecular flexibility index (Phi) is 6.59. The van der Waals surface area contributed by atoms with Crippen LogP contribution in [0, 0.1) is 0 Å². The van der Waals surface area contributed by atoms with E-state index in [0.29, 0.717) is 13.1 Å². The zero-order valence-electron chi connectivity index (χ0n) is 14.5. The first kappa shape index (κ1) is 18.1. The summed E-state index contributed by atoms with van der Waals surface area (Å²) >= 11 is 0. The molecule has 0 aromatic heterocycles. The molecule has 0 bridgehead atoms. The molecule has 0 amide bonds. The molecule has 1 heterocycles. The summed E-state index contributed by atoms with van der Waals surface area (Å²) in [5.41, 5.74) is 2.16. The largest absolute Gasteiger partial charge is 0.392 e. The molecule has 4 nitrogen and oxygen atoms in total. The molecular formula is C21H27NO3. The van der Waals surface area contributed by atoms with Crippen molar-refractivity contribution in [2.24, 2.45) is 0 Å². The molecule has 1 aliphatic rings. The van der Waals surface area contributed by atoms with Crippen molar-refractivity contribution in [2.45, 2.75) is 31.2 Å². The molecule has 25 heavy (non-hydrogen) atoms. The quantitative estimate of drug-likeness (QED) is 0.813. The van der Waals surface area contributed by atoms with Crippen molar-refractivity contribution in [3.63, 3.8) is 0 Å². The molecule has 134 valence electrons. The van der Waals surface area contributed by atoms with E-state index < -0.39 is 6.10 Å². The van der Waals surface area contributed by atoms with Crippen LogP contribution in [0.3, 0.4) is 0 Å². The number of nitrogens with zero attached hydrogens (tertiary/aromatic N) is 1. The van der Waals surface area contributed by atoms with Gasteiger partial charge < -0.3 is 14.9 Å². The molecule has 0 saturated carbocycles. The molecule has 1 aliphatic heterocycles. The van der Waals surface area contributed by atoms with Crippen molar-refractivity contribution >= 4 is 0 Å². The number of piperidine rings is 1. The van der Waals surface area contributed by atoms with Gasteiger partial charge in [0.25, 0.3) is 0 Å². The van der Waals surface area contributed by atoms with Gasteiger partial charge in [0.15, 0.2) is 0 Å². The summed E-state index contributed by atoms with van der Waals surface area (Å²) in [6.45, 7) is 2.36. The van der Waals surface area contributed by atoms with Crippen LogP contribution in [0.5, 0.6) is 0 Å². The van der Waals surface area contributed by atoms with Crippen molar-refractivity contribution in [1.29, 1.82) is 0 Å². The third-order valence-electron chi connectivity index (χ3n) is 4.61. The molecule has 0 radical (unpaired) electrons. The number of rotatable bonds is 7. The van der Waals surface area contributed by atoms with Gasteiger partial charge in [-0.1, -0.05) is 60.7 Å². The van der Waals surface area contributed by atoms with Crippen molar-refractivity contribution in [3.05, 3.63) is 71.8 Å². The highest BCUT2D eigenvalue weighted by atomic mass is 16.5. The Morgan fingerprint density at radius 3 is 2.16 bits per heavy atom. The lowest BCUT2D eigenvalue weighted by molar-refractivity contribution is -0.0205. The number of ether oxygens (including phenoxy) is 1. The minimum Gasteiger partial charge on any atom is -0.392 e. The average Bonchev–Trinajstić information content (AvgIpc) is 2.64. The van der Waals surface area contributed by atoms with Gasteiger partial charge in [0.05, 0.1) is 18.8 Å². The van der Waals surface area contributed by atoms with Crippen molar-refractivity contribution in [2.75, 3.05) is 26.2 Å². The summed E-state index contributed by atoms with van der Waals surface area (Å²) in [5.74, 6) is 0. The van der Waals surface area contributed by atoms with Crippen LogP contribution in [-0.4, -0.2) is 53.6 Å². The van der Waals surface area contributed by atoms with Crippen LogP contribution in [0.15, 0.2) is 60.7 Å². The first-order chi connectivity index (χ1) is 12.2. The van der Waals surface area contributed by atoms with E-state index in [9.17, 15) is 10.2 Å². The second-order valence-electron chi connectivity index (χ2n) is 6.74. The van der Waals surface area contributed by atoms with Crippen LogP contribution in [0.1, 0.15) is 30.1 Å². The van der Waals surface area contributed by atoms with Crippen LogP contribution in [0.2, 0.25) is 0 Å². The van der Waals surface area contributed by atoms with Gasteiger partial charge in [-0.15, -0.1) is 0 Å². The molecule has 1 fully saturated rings. The Bertz CT molecular complexity index is 580. The molecule has 4 heteroatoms. The molecule has 1 saturated heterocycles. The second-order valence-corrected chi connectivity index (χ2v) is 6.74.